The number of halogens is 3. The highest BCUT2D eigenvalue weighted by Gasteiger charge is 2.34. The highest BCUT2D eigenvalue weighted by atomic mass is 19.4. The molecule has 2 aromatic rings. The van der Waals surface area contributed by atoms with Crippen LogP contribution >= 0.6 is 0 Å². The molecule has 2 N–H and O–H groups in total. The predicted octanol–water partition coefficient (Wildman–Crippen LogP) is 5.48. The molecular weight excluding hydrogens is 571 g/mol. The summed E-state index contributed by atoms with van der Waals surface area (Å²) in [5.41, 5.74) is 2.26. The number of rotatable bonds is 8. The molecule has 9 nitrogen and oxygen atoms in total. The van der Waals surface area contributed by atoms with E-state index in [1.807, 2.05) is 26.0 Å². The van der Waals surface area contributed by atoms with Crippen molar-refractivity contribution in [1.82, 2.24) is 19.9 Å². The number of hydrogen-bond donors (Lipinski definition) is 2. The third-order valence-electron chi connectivity index (χ3n) is 6.99. The van der Waals surface area contributed by atoms with Crippen molar-refractivity contribution in [2.45, 2.75) is 66.1 Å². The normalized spacial score (nSPS) is 16.5. The van der Waals surface area contributed by atoms with Crippen molar-refractivity contribution in [2.24, 2.45) is 22.0 Å². The van der Waals surface area contributed by atoms with Gasteiger partial charge < -0.3 is 14.9 Å². The van der Waals surface area contributed by atoms with E-state index in [-0.39, 0.29) is 29.3 Å². The van der Waals surface area contributed by atoms with Gasteiger partial charge in [0.1, 0.15) is 11.4 Å². The number of hydrogen-bond acceptors (Lipinski definition) is 7. The third-order valence-corrected chi connectivity index (χ3v) is 6.99. The molecule has 1 unspecified atom stereocenters. The summed E-state index contributed by atoms with van der Waals surface area (Å²) < 4.78 is 42.9. The first-order valence-corrected chi connectivity index (χ1v) is 14.2. The Labute approximate surface area is 254 Å². The van der Waals surface area contributed by atoms with Crippen molar-refractivity contribution >= 4 is 17.8 Å². The summed E-state index contributed by atoms with van der Waals surface area (Å²) in [6.45, 7) is 10.6. The van der Waals surface area contributed by atoms with Crippen LogP contribution in [0.15, 0.2) is 79.1 Å². The number of nitrogens with one attached hydrogen (secondary N) is 2. The smallest absolute Gasteiger partial charge is 0.383 e. The maximum Gasteiger partial charge on any atom is 0.434 e. The Bertz CT molecular complexity index is 1710. The molecular formula is C32H38F3N7O2. The lowest BCUT2D eigenvalue weighted by atomic mass is 9.96. The van der Waals surface area contributed by atoms with Crippen molar-refractivity contribution in [2.75, 3.05) is 6.54 Å². The van der Waals surface area contributed by atoms with Crippen molar-refractivity contribution < 1.29 is 13.2 Å². The summed E-state index contributed by atoms with van der Waals surface area (Å²) in [5, 5.41) is 2.89. The summed E-state index contributed by atoms with van der Waals surface area (Å²) in [7, 11) is 1.66. The monoisotopic (exact) mass is 609 g/mol. The Balaban J connectivity index is 2.12. The first kappa shape index (κ1) is 33.9. The molecule has 1 aliphatic heterocycles. The van der Waals surface area contributed by atoms with Crippen LogP contribution in [0.3, 0.4) is 0 Å². The topological polar surface area (TPSA) is 117 Å². The molecule has 0 fully saturated rings. The fourth-order valence-corrected chi connectivity index (χ4v) is 4.53. The second-order valence-corrected chi connectivity index (χ2v) is 10.5. The molecule has 0 radical (unpaired) electrons. The molecule has 0 amide bonds. The Hall–Kier alpha value is -4.61. The Kier molecular flexibility index (Phi) is 11.3. The van der Waals surface area contributed by atoms with E-state index in [2.05, 4.69) is 30.3 Å². The Morgan fingerprint density at radius 3 is 2.57 bits per heavy atom. The van der Waals surface area contributed by atoms with E-state index in [4.69, 9.17) is 0 Å². The van der Waals surface area contributed by atoms with E-state index in [9.17, 15) is 22.8 Å². The van der Waals surface area contributed by atoms with Gasteiger partial charge in [0.15, 0.2) is 11.5 Å². The number of aromatic nitrogens is 3. The predicted molar refractivity (Wildman–Crippen MR) is 169 cm³/mol. The van der Waals surface area contributed by atoms with Crippen LogP contribution in [0.5, 0.6) is 0 Å². The van der Waals surface area contributed by atoms with Gasteiger partial charge in [0.05, 0.1) is 18.7 Å². The van der Waals surface area contributed by atoms with Crippen LogP contribution in [-0.4, -0.2) is 45.0 Å². The second kappa shape index (κ2) is 14.7. The number of aliphatic imine (C=N–C) groups is 3. The van der Waals surface area contributed by atoms with Gasteiger partial charge >= 0.3 is 6.18 Å². The molecule has 1 aliphatic rings. The van der Waals surface area contributed by atoms with Crippen LogP contribution in [0.4, 0.5) is 13.2 Å². The minimum Gasteiger partial charge on any atom is -0.383 e. The lowest BCUT2D eigenvalue weighted by Gasteiger charge is -2.20. The Morgan fingerprint density at radius 1 is 1.25 bits per heavy atom. The molecule has 0 spiro atoms. The molecule has 44 heavy (non-hydrogen) atoms. The van der Waals surface area contributed by atoms with Crippen molar-refractivity contribution in [1.29, 1.82) is 0 Å². The van der Waals surface area contributed by atoms with Crippen LogP contribution in [0, 0.1) is 13.8 Å². The zero-order chi connectivity index (χ0) is 32.6. The zero-order valence-corrected chi connectivity index (χ0v) is 26.0. The number of allylic oxidation sites excluding steroid dienone is 3. The molecule has 234 valence electrons. The number of nitrogens with zero attached hydrogens (tertiary/aromatic N) is 5. The average molecular weight is 610 g/mol. The molecule has 3 rings (SSSR count). The van der Waals surface area contributed by atoms with Gasteiger partial charge in [-0.25, -0.2) is 9.98 Å². The number of alkyl halides is 3. The lowest BCUT2D eigenvalue weighted by molar-refractivity contribution is -0.0927. The van der Waals surface area contributed by atoms with Crippen LogP contribution in [0.2, 0.25) is 0 Å². The SMILES string of the molecule is C\C=C/C(C)=N/C(=C/N[C@H](C)c1cc(C)ccc(=O)n(C)c(C2C=NC(c3cnc(C)c(=O)[nH]3)=NC2)cc1CC)C(F)(F)F. The number of amidine groups is 1. The molecule has 0 aromatic carbocycles. The van der Waals surface area contributed by atoms with Crippen LogP contribution in [-0.2, 0) is 13.5 Å². The van der Waals surface area contributed by atoms with Gasteiger partial charge in [-0.15, -0.1) is 0 Å². The van der Waals surface area contributed by atoms with Crippen LogP contribution in [0.1, 0.15) is 73.4 Å². The minimum absolute atomic E-state index is 0.226. The summed E-state index contributed by atoms with van der Waals surface area (Å²) in [4.78, 5) is 44.7. The van der Waals surface area contributed by atoms with Crippen molar-refractivity contribution in [3.05, 3.63) is 109 Å². The quantitative estimate of drug-likeness (QED) is 0.386. The van der Waals surface area contributed by atoms with Gasteiger partial charge in [0, 0.05) is 43.0 Å². The molecule has 0 bridgehead atoms. The summed E-state index contributed by atoms with van der Waals surface area (Å²) in [5.74, 6) is -0.0643. The summed E-state index contributed by atoms with van der Waals surface area (Å²) in [6.07, 6.45) is 3.06. The van der Waals surface area contributed by atoms with E-state index in [0.29, 0.717) is 29.3 Å². The second-order valence-electron chi connectivity index (χ2n) is 10.5. The van der Waals surface area contributed by atoms with Crippen LogP contribution < -0.4 is 16.4 Å². The summed E-state index contributed by atoms with van der Waals surface area (Å²) in [6, 6.07) is 6.32. The number of aryl methyl sites for hydroxylation is 3. The molecule has 2 atom stereocenters. The van der Waals surface area contributed by atoms with E-state index in [1.165, 1.54) is 29.8 Å². The van der Waals surface area contributed by atoms with Gasteiger partial charge in [0.2, 0.25) is 5.56 Å². The van der Waals surface area contributed by atoms with Gasteiger partial charge in [-0.05, 0) is 64.3 Å². The largest absolute Gasteiger partial charge is 0.434 e. The van der Waals surface area contributed by atoms with Crippen molar-refractivity contribution in [3.8, 4) is 0 Å². The standard InChI is InChI=1S/C32H38F3N7O2/c1-8-10-20(4)40-28(32(33,34)35)18-37-21(5)25-13-19(3)11-12-29(43)42(7)27(14-23(25)9-2)24-15-38-30(39-16-24)26-17-36-22(6)31(44)41-26/h8,10-15,17-18,21,24,37H,9,16H2,1-7H3,(H,41,44)/b10-8-,12-11?,19-13?,25-23?,27-14?,28-18+,40-20+/t21-,24?/m1/s1. The highest BCUT2D eigenvalue weighted by molar-refractivity contribution is 6.03. The van der Waals surface area contributed by atoms with E-state index < -0.39 is 17.9 Å². The van der Waals surface area contributed by atoms with Crippen molar-refractivity contribution in [3.63, 3.8) is 0 Å². The maximum absolute atomic E-state index is 13.8. The molecule has 0 aliphatic carbocycles. The molecule has 3 heterocycles. The van der Waals surface area contributed by atoms with Gasteiger partial charge in [-0.2, -0.15) is 13.2 Å². The first-order chi connectivity index (χ1) is 20.7. The average Bonchev–Trinajstić information content (AvgIpc) is 2.98. The highest BCUT2D eigenvalue weighted by Crippen LogP contribution is 2.28. The molecule has 2 aromatic heterocycles. The first-order valence-electron chi connectivity index (χ1n) is 14.2. The van der Waals surface area contributed by atoms with Gasteiger partial charge in [-0.1, -0.05) is 30.7 Å². The molecule has 0 saturated heterocycles. The van der Waals surface area contributed by atoms with Gasteiger partial charge in [-0.3, -0.25) is 19.6 Å². The number of aromatic amines is 1. The zero-order valence-electron chi connectivity index (χ0n) is 26.0. The maximum atomic E-state index is 13.8. The fraction of sp³-hybridized carbons (Fsp3) is 0.375. The van der Waals surface area contributed by atoms with E-state index in [0.717, 1.165) is 22.9 Å². The van der Waals surface area contributed by atoms with Gasteiger partial charge in [0.25, 0.3) is 5.56 Å². The van der Waals surface area contributed by atoms with Crippen LogP contribution in [0.25, 0.3) is 0 Å². The number of H-pyrrole nitrogens is 1. The van der Waals surface area contributed by atoms with E-state index >= 15 is 0 Å². The molecule has 0 saturated carbocycles. The third kappa shape index (κ3) is 8.71. The Morgan fingerprint density at radius 2 is 1.98 bits per heavy atom. The lowest BCUT2D eigenvalue weighted by Crippen LogP contribution is -2.25. The molecule has 12 heteroatoms. The minimum atomic E-state index is -4.65. The van der Waals surface area contributed by atoms with E-state index in [1.54, 1.807) is 46.2 Å². The fourth-order valence-electron chi connectivity index (χ4n) is 4.53. The summed E-state index contributed by atoms with van der Waals surface area (Å²) >= 11 is 0.